The molecule has 0 aromatic carbocycles. The lowest BCUT2D eigenvalue weighted by molar-refractivity contribution is -0.167. The fourth-order valence-electron chi connectivity index (χ4n) is 8.27. The van der Waals surface area contributed by atoms with Crippen molar-refractivity contribution in [1.82, 2.24) is 0 Å². The van der Waals surface area contributed by atoms with E-state index < -0.39 is 6.10 Å². The first-order valence-corrected chi connectivity index (χ1v) is 31.8. The van der Waals surface area contributed by atoms with E-state index in [1.807, 2.05) is 0 Å². The molecule has 0 aliphatic carbocycles. The van der Waals surface area contributed by atoms with Crippen LogP contribution < -0.4 is 0 Å². The summed E-state index contributed by atoms with van der Waals surface area (Å²) in [6.45, 7) is 6.43. The van der Waals surface area contributed by atoms with Crippen molar-refractivity contribution in [2.75, 3.05) is 13.2 Å². The molecule has 6 heteroatoms. The zero-order chi connectivity index (χ0) is 56.4. The van der Waals surface area contributed by atoms with Gasteiger partial charge in [-0.05, 0) is 141 Å². The third-order valence-corrected chi connectivity index (χ3v) is 13.0. The molecule has 0 radical (unpaired) electrons. The first kappa shape index (κ1) is 73.3. The number of carbonyl (C=O) groups excluding carboxylic acids is 3. The number of carbonyl (C=O) groups is 3. The number of unbranched alkanes of at least 4 members (excludes halogenated alkanes) is 21. The van der Waals surface area contributed by atoms with Gasteiger partial charge in [-0.1, -0.05) is 256 Å². The van der Waals surface area contributed by atoms with Crippen molar-refractivity contribution in [2.24, 2.45) is 0 Å². The summed E-state index contributed by atoms with van der Waals surface area (Å²) < 4.78 is 16.9. The third-order valence-electron chi connectivity index (χ3n) is 13.0. The van der Waals surface area contributed by atoms with Gasteiger partial charge in [0.15, 0.2) is 6.10 Å². The molecule has 1 unspecified atom stereocenters. The minimum absolute atomic E-state index is 0.104. The predicted octanol–water partition coefficient (Wildman–Crippen LogP) is 21.9. The minimum Gasteiger partial charge on any atom is -0.462 e. The molecule has 6 nitrogen and oxygen atoms in total. The first-order valence-electron chi connectivity index (χ1n) is 31.8. The highest BCUT2D eigenvalue weighted by molar-refractivity contribution is 5.71. The van der Waals surface area contributed by atoms with Gasteiger partial charge in [0, 0.05) is 19.3 Å². The molecule has 0 fully saturated rings. The largest absolute Gasteiger partial charge is 0.462 e. The Balaban J connectivity index is 4.41. The molecular formula is C72H116O6. The Morgan fingerprint density at radius 3 is 0.846 bits per heavy atom. The molecule has 0 aromatic heterocycles. The molecule has 0 aliphatic heterocycles. The molecular weight excluding hydrogens is 961 g/mol. The zero-order valence-corrected chi connectivity index (χ0v) is 50.4. The number of allylic oxidation sites excluding steroid dienone is 24. The average molecular weight is 1080 g/mol. The molecule has 0 N–H and O–H groups in total. The van der Waals surface area contributed by atoms with Crippen molar-refractivity contribution in [3.05, 3.63) is 146 Å². The molecule has 0 aliphatic rings. The van der Waals surface area contributed by atoms with Crippen LogP contribution in [0, 0.1) is 0 Å². The molecule has 0 saturated carbocycles. The van der Waals surface area contributed by atoms with Crippen LogP contribution in [0.15, 0.2) is 146 Å². The van der Waals surface area contributed by atoms with Gasteiger partial charge in [0.05, 0.1) is 0 Å². The second-order valence-corrected chi connectivity index (χ2v) is 20.6. The fraction of sp³-hybridized carbons (Fsp3) is 0.625. The number of rotatable bonds is 56. The lowest BCUT2D eigenvalue weighted by atomic mass is 10.1. The first-order chi connectivity index (χ1) is 38.5. The van der Waals surface area contributed by atoms with Gasteiger partial charge in [-0.3, -0.25) is 14.4 Å². The summed E-state index contributed by atoms with van der Waals surface area (Å²) in [6, 6.07) is 0. The topological polar surface area (TPSA) is 78.9 Å². The van der Waals surface area contributed by atoms with Gasteiger partial charge >= 0.3 is 17.9 Å². The Kier molecular flexibility index (Phi) is 60.9. The molecule has 0 rings (SSSR count). The second-order valence-electron chi connectivity index (χ2n) is 20.6. The number of hydrogen-bond acceptors (Lipinski definition) is 6. The standard InChI is InChI=1S/C72H116O6/c1-4-7-10-13-16-19-22-25-28-29-30-31-32-33-34-35-36-37-38-39-40-41-42-43-45-47-50-53-56-59-62-65-71(74)77-68-69(67-76-70(73)64-61-58-55-52-49-46-27-24-21-18-15-12-9-6-3)78-72(75)66-63-60-57-54-51-48-44-26-23-20-17-14-11-8-5-2/h7,10,15-16,18-19,24-28,30-31,33-34,36-37,39-40,42-44,47,50,69H,4-6,8-9,11-14,17,20-23,29,32,35,38,41,45-46,48-49,51-68H2,1-3H3/b10-7-,18-15-,19-16-,27-24-,28-25-,31-30-,34-33-,37-36-,40-39-,43-42-,44-26-,50-47-. The summed E-state index contributed by atoms with van der Waals surface area (Å²) in [7, 11) is 0. The van der Waals surface area contributed by atoms with Crippen LogP contribution in [0.3, 0.4) is 0 Å². The lowest BCUT2D eigenvalue weighted by Crippen LogP contribution is -2.30. The number of ether oxygens (including phenoxy) is 3. The Labute approximate surface area is 480 Å². The smallest absolute Gasteiger partial charge is 0.306 e. The van der Waals surface area contributed by atoms with Crippen molar-refractivity contribution >= 4 is 17.9 Å². The van der Waals surface area contributed by atoms with Gasteiger partial charge < -0.3 is 14.2 Å². The van der Waals surface area contributed by atoms with E-state index in [1.165, 1.54) is 70.6 Å². The van der Waals surface area contributed by atoms with E-state index in [2.05, 4.69) is 167 Å². The molecule has 78 heavy (non-hydrogen) atoms. The van der Waals surface area contributed by atoms with Gasteiger partial charge in [-0.2, -0.15) is 0 Å². The van der Waals surface area contributed by atoms with Crippen molar-refractivity contribution < 1.29 is 28.6 Å². The van der Waals surface area contributed by atoms with Crippen LogP contribution in [0.1, 0.15) is 271 Å². The maximum atomic E-state index is 12.9. The fourth-order valence-corrected chi connectivity index (χ4v) is 8.27. The highest BCUT2D eigenvalue weighted by Crippen LogP contribution is 2.14. The van der Waals surface area contributed by atoms with E-state index in [0.717, 1.165) is 161 Å². The maximum absolute atomic E-state index is 12.9. The normalized spacial score (nSPS) is 13.1. The van der Waals surface area contributed by atoms with Crippen LogP contribution in [-0.2, 0) is 28.6 Å². The summed E-state index contributed by atoms with van der Waals surface area (Å²) in [5.74, 6) is -0.960. The van der Waals surface area contributed by atoms with Crippen molar-refractivity contribution in [3.8, 4) is 0 Å². The van der Waals surface area contributed by atoms with Gasteiger partial charge in [0.25, 0.3) is 0 Å². The zero-order valence-electron chi connectivity index (χ0n) is 50.4. The van der Waals surface area contributed by atoms with Crippen molar-refractivity contribution in [2.45, 2.75) is 277 Å². The molecule has 0 heterocycles. The Bertz CT molecular complexity index is 1710. The summed E-state index contributed by atoms with van der Waals surface area (Å²) >= 11 is 0. The van der Waals surface area contributed by atoms with Crippen LogP contribution in [0.25, 0.3) is 0 Å². The van der Waals surface area contributed by atoms with Crippen LogP contribution in [0.5, 0.6) is 0 Å². The van der Waals surface area contributed by atoms with Crippen LogP contribution in [0.2, 0.25) is 0 Å². The van der Waals surface area contributed by atoms with Gasteiger partial charge in [0.2, 0.25) is 0 Å². The molecule has 0 spiro atoms. The highest BCUT2D eigenvalue weighted by atomic mass is 16.6. The van der Waals surface area contributed by atoms with E-state index in [1.54, 1.807) is 0 Å². The Morgan fingerprint density at radius 1 is 0.269 bits per heavy atom. The summed E-state index contributed by atoms with van der Waals surface area (Å²) in [4.78, 5) is 38.2. The van der Waals surface area contributed by atoms with E-state index >= 15 is 0 Å². The number of hydrogen-bond donors (Lipinski definition) is 0. The lowest BCUT2D eigenvalue weighted by Gasteiger charge is -2.18. The average Bonchev–Trinajstić information content (AvgIpc) is 3.44. The van der Waals surface area contributed by atoms with Gasteiger partial charge in [0.1, 0.15) is 13.2 Å². The molecule has 0 aromatic rings. The Morgan fingerprint density at radius 2 is 0.513 bits per heavy atom. The van der Waals surface area contributed by atoms with E-state index in [0.29, 0.717) is 19.3 Å². The second kappa shape index (κ2) is 64.8. The monoisotopic (exact) mass is 1080 g/mol. The molecule has 0 amide bonds. The maximum Gasteiger partial charge on any atom is 0.306 e. The summed E-state index contributed by atoms with van der Waals surface area (Å²) in [5, 5.41) is 0. The third kappa shape index (κ3) is 62.1. The molecule has 1 atom stereocenters. The molecule has 0 bridgehead atoms. The van der Waals surface area contributed by atoms with Crippen LogP contribution >= 0.6 is 0 Å². The number of esters is 3. The molecule has 440 valence electrons. The van der Waals surface area contributed by atoms with Crippen LogP contribution in [-0.4, -0.2) is 37.2 Å². The van der Waals surface area contributed by atoms with Gasteiger partial charge in [-0.15, -0.1) is 0 Å². The SMILES string of the molecule is CC/C=C\C/C=C\C/C=C\C/C=C\C/C=C\C/C=C\C/C=C\C/C=C\C/C=C\CCCCCC(=O)OCC(COC(=O)CCCCCCC/C=C\C/C=C\CCCC)OC(=O)CCCCCCC/C=C\CCCCCCCC. The quantitative estimate of drug-likeness (QED) is 0.0261. The van der Waals surface area contributed by atoms with Crippen LogP contribution in [0.4, 0.5) is 0 Å². The van der Waals surface area contributed by atoms with E-state index in [9.17, 15) is 14.4 Å². The van der Waals surface area contributed by atoms with Crippen molar-refractivity contribution in [3.63, 3.8) is 0 Å². The van der Waals surface area contributed by atoms with Crippen molar-refractivity contribution in [1.29, 1.82) is 0 Å². The Hall–Kier alpha value is -4.71. The van der Waals surface area contributed by atoms with E-state index in [4.69, 9.17) is 14.2 Å². The minimum atomic E-state index is -0.808. The van der Waals surface area contributed by atoms with Gasteiger partial charge in [-0.25, -0.2) is 0 Å². The summed E-state index contributed by atoms with van der Waals surface area (Å²) in [6.07, 6.45) is 92.8. The van der Waals surface area contributed by atoms with E-state index in [-0.39, 0.29) is 31.1 Å². The predicted molar refractivity (Wildman–Crippen MR) is 339 cm³/mol. The highest BCUT2D eigenvalue weighted by Gasteiger charge is 2.19. The molecule has 0 saturated heterocycles. The summed E-state index contributed by atoms with van der Waals surface area (Å²) in [5.41, 5.74) is 0.